The molecule has 1 aromatic heterocycles. The Morgan fingerprint density at radius 2 is 1.64 bits per heavy atom. The number of nitrogens with two attached hydrogens (primary N) is 1. The third-order valence-electron chi connectivity index (χ3n) is 6.99. The number of nitrogens with zero attached hydrogens (tertiary/aromatic N) is 4. The van der Waals surface area contributed by atoms with Crippen molar-refractivity contribution >= 4 is 27.3 Å². The summed E-state index contributed by atoms with van der Waals surface area (Å²) in [5, 5.41) is 14.3. The minimum Gasteiger partial charge on any atom is -0.455 e. The maximum Gasteiger partial charge on any atom is 0.241 e. The number of hydrogen-bond donors (Lipinski definition) is 2. The summed E-state index contributed by atoms with van der Waals surface area (Å²) in [5.41, 5.74) is 8.42. The molecular weight excluding hydrogens is 514 g/mol. The standard InChI is InChI=1S/C29H37N5O4S/c1-2-3-6-25(38-24-13-9-22(10-14-24)27(30)32-35)37-23-11-7-21(8-12-23)26-28(33-15-4-5-16-33)39-29(31-26)34-17-19-36-20-18-34/h7-14,25,35H,2-6,15-20H2,1H3,(H2,30,32). The SMILES string of the molecule is CCCCC(Oc1ccc(C(N)=NO)cc1)Oc1ccc(-c2nc(N3CCOCC3)sc2N2CCCC2)cc1. The van der Waals surface area contributed by atoms with E-state index in [0.717, 1.165) is 80.8 Å². The van der Waals surface area contributed by atoms with Gasteiger partial charge in [0.2, 0.25) is 6.29 Å². The van der Waals surface area contributed by atoms with E-state index in [0.29, 0.717) is 11.3 Å². The number of hydrogen-bond acceptors (Lipinski definition) is 9. The predicted molar refractivity (Wildman–Crippen MR) is 156 cm³/mol. The minimum atomic E-state index is -0.433. The molecule has 2 saturated heterocycles. The van der Waals surface area contributed by atoms with E-state index in [-0.39, 0.29) is 5.84 Å². The summed E-state index contributed by atoms with van der Waals surface area (Å²) in [6, 6.07) is 15.3. The summed E-state index contributed by atoms with van der Waals surface area (Å²) in [6.07, 6.45) is 4.79. The summed E-state index contributed by atoms with van der Waals surface area (Å²) in [6.45, 7) is 7.56. The Balaban J connectivity index is 1.32. The zero-order valence-corrected chi connectivity index (χ0v) is 23.2. The monoisotopic (exact) mass is 551 g/mol. The third kappa shape index (κ3) is 6.75. The highest BCUT2D eigenvalue weighted by Gasteiger charge is 2.25. The molecule has 2 aromatic carbocycles. The van der Waals surface area contributed by atoms with Gasteiger partial charge in [-0.25, -0.2) is 4.98 Å². The van der Waals surface area contributed by atoms with Gasteiger partial charge in [0, 0.05) is 43.7 Å². The molecule has 0 spiro atoms. The van der Waals surface area contributed by atoms with Gasteiger partial charge in [0.1, 0.15) is 22.2 Å². The molecule has 0 bridgehead atoms. The van der Waals surface area contributed by atoms with Crippen molar-refractivity contribution in [1.29, 1.82) is 0 Å². The summed E-state index contributed by atoms with van der Waals surface area (Å²) in [5.74, 6) is 1.47. The van der Waals surface area contributed by atoms with Crippen LogP contribution in [-0.4, -0.2) is 61.7 Å². The summed E-state index contributed by atoms with van der Waals surface area (Å²) in [4.78, 5) is 9.92. The first-order valence-corrected chi connectivity index (χ1v) is 14.6. The minimum absolute atomic E-state index is 0.0606. The number of benzene rings is 2. The van der Waals surface area contributed by atoms with E-state index in [4.69, 9.17) is 30.1 Å². The van der Waals surface area contributed by atoms with E-state index in [9.17, 15) is 0 Å². The van der Waals surface area contributed by atoms with E-state index >= 15 is 0 Å². The van der Waals surface area contributed by atoms with Gasteiger partial charge in [-0.3, -0.25) is 0 Å². The molecule has 0 radical (unpaired) electrons. The first kappa shape index (κ1) is 27.1. The van der Waals surface area contributed by atoms with Crippen LogP contribution in [0.5, 0.6) is 11.5 Å². The highest BCUT2D eigenvalue weighted by Crippen LogP contribution is 2.42. The second-order valence-corrected chi connectivity index (χ2v) is 10.7. The molecule has 0 aliphatic carbocycles. The zero-order chi connectivity index (χ0) is 27.0. The highest BCUT2D eigenvalue weighted by molar-refractivity contribution is 7.20. The van der Waals surface area contributed by atoms with Crippen LogP contribution in [0.3, 0.4) is 0 Å². The molecule has 10 heteroatoms. The second kappa shape index (κ2) is 13.0. The number of aromatic nitrogens is 1. The number of morpholine rings is 1. The smallest absolute Gasteiger partial charge is 0.241 e. The number of anilines is 2. The topological polar surface area (TPSA) is 106 Å². The number of oxime groups is 1. The van der Waals surface area contributed by atoms with Gasteiger partial charge < -0.3 is 35.0 Å². The van der Waals surface area contributed by atoms with Crippen molar-refractivity contribution in [3.05, 3.63) is 54.1 Å². The molecule has 5 rings (SSSR count). The van der Waals surface area contributed by atoms with Crippen molar-refractivity contribution in [2.24, 2.45) is 10.9 Å². The van der Waals surface area contributed by atoms with Crippen LogP contribution in [0, 0.1) is 0 Å². The molecule has 3 N–H and O–H groups in total. The average Bonchev–Trinajstić information content (AvgIpc) is 3.67. The largest absolute Gasteiger partial charge is 0.455 e. The van der Waals surface area contributed by atoms with Crippen molar-refractivity contribution in [2.45, 2.75) is 45.3 Å². The Hall–Kier alpha value is -3.50. The molecule has 0 saturated carbocycles. The Labute approximate surface area is 233 Å². The summed E-state index contributed by atoms with van der Waals surface area (Å²) < 4.78 is 18.0. The molecular formula is C29H37N5O4S. The first-order valence-electron chi connectivity index (χ1n) is 13.7. The van der Waals surface area contributed by atoms with Gasteiger partial charge in [0.15, 0.2) is 11.0 Å². The zero-order valence-electron chi connectivity index (χ0n) is 22.4. The van der Waals surface area contributed by atoms with Gasteiger partial charge in [-0.1, -0.05) is 29.8 Å². The maximum atomic E-state index is 8.89. The predicted octanol–water partition coefficient (Wildman–Crippen LogP) is 5.32. The van der Waals surface area contributed by atoms with Crippen LogP contribution in [0.4, 0.5) is 10.1 Å². The fourth-order valence-electron chi connectivity index (χ4n) is 4.78. The molecule has 2 aliphatic rings. The van der Waals surface area contributed by atoms with E-state index in [2.05, 4.69) is 34.0 Å². The number of unbranched alkanes of at least 4 members (excludes halogenated alkanes) is 1. The van der Waals surface area contributed by atoms with Gasteiger partial charge >= 0.3 is 0 Å². The average molecular weight is 552 g/mol. The molecule has 9 nitrogen and oxygen atoms in total. The van der Waals surface area contributed by atoms with E-state index in [1.165, 1.54) is 17.8 Å². The lowest BCUT2D eigenvalue weighted by Crippen LogP contribution is -2.36. The quantitative estimate of drug-likeness (QED) is 0.109. The van der Waals surface area contributed by atoms with Gasteiger partial charge in [-0.2, -0.15) is 0 Å². The van der Waals surface area contributed by atoms with Crippen molar-refractivity contribution < 1.29 is 19.4 Å². The van der Waals surface area contributed by atoms with E-state index in [1.807, 2.05) is 12.1 Å². The molecule has 39 heavy (non-hydrogen) atoms. The van der Waals surface area contributed by atoms with Crippen molar-refractivity contribution in [3.8, 4) is 22.8 Å². The lowest BCUT2D eigenvalue weighted by molar-refractivity contribution is -0.00211. The molecule has 1 unspecified atom stereocenters. The van der Waals surface area contributed by atoms with Gasteiger partial charge in [-0.05, 0) is 67.8 Å². The molecule has 2 aliphatic heterocycles. The van der Waals surface area contributed by atoms with Crippen molar-refractivity contribution in [2.75, 3.05) is 49.2 Å². The Kier molecular flexibility index (Phi) is 9.05. The van der Waals surface area contributed by atoms with Gasteiger partial charge in [0.05, 0.1) is 13.2 Å². The fraction of sp³-hybridized carbons (Fsp3) is 0.448. The van der Waals surface area contributed by atoms with Crippen LogP contribution in [0.2, 0.25) is 0 Å². The number of amidine groups is 1. The van der Waals surface area contributed by atoms with Crippen LogP contribution in [0.25, 0.3) is 11.3 Å². The Morgan fingerprint density at radius 1 is 1.00 bits per heavy atom. The van der Waals surface area contributed by atoms with Crippen LogP contribution in [0.1, 0.15) is 44.6 Å². The Morgan fingerprint density at radius 3 is 2.26 bits per heavy atom. The molecule has 3 heterocycles. The third-order valence-corrected chi connectivity index (χ3v) is 8.16. The van der Waals surface area contributed by atoms with Crippen LogP contribution >= 0.6 is 11.3 Å². The van der Waals surface area contributed by atoms with Crippen LogP contribution < -0.4 is 25.0 Å². The van der Waals surface area contributed by atoms with Crippen molar-refractivity contribution in [1.82, 2.24) is 4.98 Å². The molecule has 208 valence electrons. The van der Waals surface area contributed by atoms with Gasteiger partial charge in [-0.15, -0.1) is 0 Å². The summed E-state index contributed by atoms with van der Waals surface area (Å²) in [7, 11) is 0. The molecule has 2 fully saturated rings. The van der Waals surface area contributed by atoms with Crippen molar-refractivity contribution in [3.63, 3.8) is 0 Å². The lowest BCUT2D eigenvalue weighted by atomic mass is 10.1. The molecule has 3 aromatic rings. The van der Waals surface area contributed by atoms with E-state index in [1.54, 1.807) is 35.6 Å². The normalized spacial score (nSPS) is 16.9. The van der Waals surface area contributed by atoms with Crippen LogP contribution in [-0.2, 0) is 4.74 Å². The lowest BCUT2D eigenvalue weighted by Gasteiger charge is -2.26. The summed E-state index contributed by atoms with van der Waals surface area (Å²) >= 11 is 1.79. The maximum absolute atomic E-state index is 8.89. The highest BCUT2D eigenvalue weighted by atomic mass is 32.1. The second-order valence-electron chi connectivity index (χ2n) is 9.79. The fourth-order valence-corrected chi connectivity index (χ4v) is 5.98. The van der Waals surface area contributed by atoms with E-state index < -0.39 is 6.29 Å². The van der Waals surface area contributed by atoms with Gasteiger partial charge in [0.25, 0.3) is 0 Å². The molecule has 1 atom stereocenters. The number of thiazole rings is 1. The molecule has 0 amide bonds. The first-order chi connectivity index (χ1) is 19.1. The Bertz CT molecular complexity index is 1220. The number of ether oxygens (including phenoxy) is 3. The number of rotatable bonds is 11. The van der Waals surface area contributed by atoms with Crippen LogP contribution in [0.15, 0.2) is 53.7 Å².